The van der Waals surface area contributed by atoms with Crippen molar-refractivity contribution in [2.75, 3.05) is 0 Å². The van der Waals surface area contributed by atoms with Gasteiger partial charge in [0.05, 0.1) is 6.10 Å². The zero-order valence-corrected chi connectivity index (χ0v) is 14.7. The van der Waals surface area contributed by atoms with Crippen LogP contribution in [0.4, 0.5) is 4.39 Å². The number of carbonyl (C=O) groups excluding carboxylic acids is 1. The number of aromatic amines is 1. The average Bonchev–Trinajstić information content (AvgIpc) is 3.04. The molecule has 3 unspecified atom stereocenters. The van der Waals surface area contributed by atoms with Gasteiger partial charge in [-0.2, -0.15) is 0 Å². The lowest BCUT2D eigenvalue weighted by molar-refractivity contribution is -0.128. The first-order valence-corrected chi connectivity index (χ1v) is 8.54. The van der Waals surface area contributed by atoms with E-state index >= 15 is 0 Å². The first-order chi connectivity index (χ1) is 12.3. The van der Waals surface area contributed by atoms with E-state index in [2.05, 4.69) is 10.2 Å². The number of aromatic nitrogens is 2. The summed E-state index contributed by atoms with van der Waals surface area (Å²) < 4.78 is 19.1. The highest BCUT2D eigenvalue weighted by molar-refractivity contribution is 5.82. The summed E-state index contributed by atoms with van der Waals surface area (Å²) in [7, 11) is 0. The first-order valence-electron chi connectivity index (χ1n) is 8.54. The fourth-order valence-electron chi connectivity index (χ4n) is 2.75. The van der Waals surface area contributed by atoms with E-state index in [1.165, 1.54) is 0 Å². The molecule has 0 spiro atoms. The minimum Gasteiger partial charge on any atom is -0.393 e. The highest BCUT2D eigenvalue weighted by Crippen LogP contribution is 2.29. The van der Waals surface area contributed by atoms with Crippen molar-refractivity contribution in [1.29, 1.82) is 0 Å². The number of halogens is 1. The average molecular weight is 365 g/mol. The molecule has 0 bridgehead atoms. The number of benzene rings is 1. The van der Waals surface area contributed by atoms with Crippen LogP contribution in [0.1, 0.15) is 50.0 Å². The minimum atomic E-state index is -2.18. The highest BCUT2D eigenvalue weighted by Gasteiger charge is 2.33. The van der Waals surface area contributed by atoms with E-state index in [0.29, 0.717) is 12.8 Å². The zero-order chi connectivity index (χ0) is 19.2. The van der Waals surface area contributed by atoms with Crippen LogP contribution >= 0.6 is 0 Å². The molecule has 0 saturated heterocycles. The number of aryl methyl sites for hydroxylation is 1. The van der Waals surface area contributed by atoms with E-state index in [1.807, 2.05) is 30.3 Å². The number of aliphatic hydroxyl groups excluding tert-OH is 1. The maximum atomic E-state index is 14.1. The Morgan fingerprint density at radius 2 is 2.08 bits per heavy atom. The SMILES string of the molecule is CC(F)(CCC(CC(O)CCc1ccccc1)c1n[nH]c(=O)o1)C(N)=O. The Hall–Kier alpha value is -2.48. The van der Waals surface area contributed by atoms with Crippen LogP contribution in [-0.2, 0) is 11.2 Å². The molecule has 0 aliphatic carbocycles. The fourth-order valence-corrected chi connectivity index (χ4v) is 2.75. The van der Waals surface area contributed by atoms with Gasteiger partial charge < -0.3 is 15.3 Å². The number of aliphatic hydroxyl groups is 1. The maximum Gasteiger partial charge on any atom is 0.434 e. The molecule has 8 heteroatoms. The first kappa shape index (κ1) is 19.8. The normalized spacial score (nSPS) is 16.0. The predicted molar refractivity (Wildman–Crippen MR) is 93.2 cm³/mol. The quantitative estimate of drug-likeness (QED) is 0.593. The second-order valence-corrected chi connectivity index (χ2v) is 6.66. The molecule has 142 valence electrons. The summed E-state index contributed by atoms with van der Waals surface area (Å²) in [5.41, 5.74) is 3.97. The Morgan fingerprint density at radius 3 is 2.65 bits per heavy atom. The Kier molecular flexibility index (Phi) is 6.68. The van der Waals surface area contributed by atoms with Gasteiger partial charge in [0.2, 0.25) is 5.89 Å². The molecule has 1 amide bonds. The number of nitrogens with two attached hydrogens (primary N) is 1. The van der Waals surface area contributed by atoms with Crippen LogP contribution in [-0.4, -0.2) is 33.0 Å². The zero-order valence-electron chi connectivity index (χ0n) is 14.7. The molecule has 7 nitrogen and oxygen atoms in total. The third-order valence-electron chi connectivity index (χ3n) is 4.45. The van der Waals surface area contributed by atoms with Crippen LogP contribution in [0, 0.1) is 0 Å². The Balaban J connectivity index is 1.99. The fraction of sp³-hybridized carbons (Fsp3) is 0.500. The molecule has 1 aromatic heterocycles. The van der Waals surface area contributed by atoms with E-state index < -0.39 is 29.4 Å². The van der Waals surface area contributed by atoms with Gasteiger partial charge >= 0.3 is 5.76 Å². The Morgan fingerprint density at radius 1 is 1.38 bits per heavy atom. The summed E-state index contributed by atoms with van der Waals surface area (Å²) in [4.78, 5) is 22.4. The summed E-state index contributed by atoms with van der Waals surface area (Å²) >= 11 is 0. The van der Waals surface area contributed by atoms with E-state index in [0.717, 1.165) is 12.5 Å². The minimum absolute atomic E-state index is 0.0917. The summed E-state index contributed by atoms with van der Waals surface area (Å²) in [6.45, 7) is 1.11. The lowest BCUT2D eigenvalue weighted by atomic mass is 9.89. The second kappa shape index (κ2) is 8.75. The van der Waals surface area contributed by atoms with Crippen molar-refractivity contribution in [3.05, 3.63) is 52.3 Å². The van der Waals surface area contributed by atoms with Crippen molar-refractivity contribution in [2.45, 2.75) is 56.7 Å². The van der Waals surface area contributed by atoms with Crippen LogP contribution in [0.25, 0.3) is 0 Å². The molecule has 0 radical (unpaired) electrons. The van der Waals surface area contributed by atoms with Gasteiger partial charge in [-0.1, -0.05) is 30.3 Å². The smallest absolute Gasteiger partial charge is 0.393 e. The van der Waals surface area contributed by atoms with Gasteiger partial charge in [-0.25, -0.2) is 14.3 Å². The summed E-state index contributed by atoms with van der Waals surface area (Å²) in [6.07, 6.45) is 0.720. The molecule has 26 heavy (non-hydrogen) atoms. The molecule has 1 heterocycles. The van der Waals surface area contributed by atoms with Crippen molar-refractivity contribution < 1.29 is 18.7 Å². The molecule has 4 N–H and O–H groups in total. The number of hydrogen-bond donors (Lipinski definition) is 3. The van der Waals surface area contributed by atoms with Crippen molar-refractivity contribution in [3.8, 4) is 0 Å². The van der Waals surface area contributed by atoms with Crippen molar-refractivity contribution in [3.63, 3.8) is 0 Å². The molecule has 3 atom stereocenters. The molecular formula is C18H24FN3O4. The summed E-state index contributed by atoms with van der Waals surface area (Å²) in [5, 5.41) is 16.3. The predicted octanol–water partition coefficient (Wildman–Crippen LogP) is 1.82. The lowest BCUT2D eigenvalue weighted by Gasteiger charge is -2.21. The van der Waals surface area contributed by atoms with Crippen molar-refractivity contribution in [1.82, 2.24) is 10.2 Å². The number of H-pyrrole nitrogens is 1. The maximum absolute atomic E-state index is 14.1. The van der Waals surface area contributed by atoms with Gasteiger partial charge in [-0.3, -0.25) is 4.79 Å². The van der Waals surface area contributed by atoms with E-state index in [1.54, 1.807) is 0 Å². The van der Waals surface area contributed by atoms with Crippen molar-refractivity contribution >= 4 is 5.91 Å². The number of nitrogens with one attached hydrogen (secondary N) is 1. The number of nitrogens with zero attached hydrogens (tertiary/aromatic N) is 1. The molecule has 0 aliphatic rings. The number of rotatable bonds is 10. The van der Waals surface area contributed by atoms with Crippen LogP contribution in [0.2, 0.25) is 0 Å². The number of carbonyl (C=O) groups is 1. The summed E-state index contributed by atoms with van der Waals surface area (Å²) in [6, 6.07) is 9.71. The Bertz CT molecular complexity index is 757. The lowest BCUT2D eigenvalue weighted by Crippen LogP contribution is -2.37. The monoisotopic (exact) mass is 365 g/mol. The molecule has 0 aliphatic heterocycles. The standard InChI is InChI=1S/C18H24FN3O4/c1-18(19,16(20)24)10-9-13(15-21-22-17(25)26-15)11-14(23)8-7-12-5-3-2-4-6-12/h2-6,13-14,23H,7-11H2,1H3,(H2,20,24)(H,22,25). The van der Waals surface area contributed by atoms with E-state index in [9.17, 15) is 19.1 Å². The third kappa shape index (κ3) is 5.80. The molecule has 2 aromatic rings. The third-order valence-corrected chi connectivity index (χ3v) is 4.45. The van der Waals surface area contributed by atoms with Crippen LogP contribution in [0.3, 0.4) is 0 Å². The van der Waals surface area contributed by atoms with Gasteiger partial charge in [-0.15, -0.1) is 5.10 Å². The topological polar surface area (TPSA) is 122 Å². The molecular weight excluding hydrogens is 341 g/mol. The van der Waals surface area contributed by atoms with Gasteiger partial charge in [-0.05, 0) is 44.6 Å². The summed E-state index contributed by atoms with van der Waals surface area (Å²) in [5.74, 6) is -2.19. The molecule has 0 saturated carbocycles. The Labute approximate surface area is 150 Å². The number of hydrogen-bond acceptors (Lipinski definition) is 5. The van der Waals surface area contributed by atoms with Gasteiger partial charge in [0, 0.05) is 5.92 Å². The van der Waals surface area contributed by atoms with Gasteiger partial charge in [0.25, 0.3) is 5.91 Å². The number of primary amides is 1. The van der Waals surface area contributed by atoms with E-state index in [-0.39, 0.29) is 25.2 Å². The molecule has 2 rings (SSSR count). The largest absolute Gasteiger partial charge is 0.434 e. The number of alkyl halides is 1. The molecule has 1 aromatic carbocycles. The molecule has 0 fully saturated rings. The highest BCUT2D eigenvalue weighted by atomic mass is 19.1. The van der Waals surface area contributed by atoms with Gasteiger partial charge in [0.1, 0.15) is 0 Å². The van der Waals surface area contributed by atoms with Gasteiger partial charge in [0.15, 0.2) is 5.67 Å². The van der Waals surface area contributed by atoms with Crippen LogP contribution in [0.15, 0.2) is 39.5 Å². The van der Waals surface area contributed by atoms with Crippen molar-refractivity contribution in [2.24, 2.45) is 5.73 Å². The van der Waals surface area contributed by atoms with E-state index in [4.69, 9.17) is 10.2 Å². The van der Waals surface area contributed by atoms with Crippen LogP contribution < -0.4 is 11.5 Å². The van der Waals surface area contributed by atoms with Crippen LogP contribution in [0.5, 0.6) is 0 Å². The second-order valence-electron chi connectivity index (χ2n) is 6.66. The number of amides is 1.